The Kier molecular flexibility index (Phi) is 5.73. The first-order valence-electron chi connectivity index (χ1n) is 8.32. The van der Waals surface area contributed by atoms with Crippen LogP contribution in [-0.2, 0) is 32.5 Å². The van der Waals surface area contributed by atoms with Crippen LogP contribution in [0.15, 0.2) is 27.6 Å². The average Bonchev–Trinajstić information content (AvgIpc) is 3.11. The Morgan fingerprint density at radius 3 is 2.89 bits per heavy atom. The molecule has 1 aromatic heterocycles. The van der Waals surface area contributed by atoms with E-state index in [1.807, 2.05) is 6.92 Å². The fourth-order valence-corrected chi connectivity index (χ4v) is 3.56. The molecule has 0 unspecified atom stereocenters. The number of amides is 1. The highest BCUT2D eigenvalue weighted by atomic mass is 32.2. The standard InChI is InChI=1S/C16H20N4O6S/c1-3-15-18-14(19-26-15)9-20-12-8-11(27(22,23)17-6-7-24-2)4-5-13(12)25-10-16(20)21/h4-5,8,17H,3,6-7,9-10H2,1-2H3. The van der Waals surface area contributed by atoms with Crippen LogP contribution < -0.4 is 14.4 Å². The van der Waals surface area contributed by atoms with Crippen LogP contribution in [0.3, 0.4) is 0 Å². The van der Waals surface area contributed by atoms with Crippen LogP contribution in [0.25, 0.3) is 0 Å². The van der Waals surface area contributed by atoms with E-state index >= 15 is 0 Å². The number of ether oxygens (including phenoxy) is 2. The lowest BCUT2D eigenvalue weighted by Gasteiger charge is -2.28. The molecule has 0 saturated carbocycles. The summed E-state index contributed by atoms with van der Waals surface area (Å²) >= 11 is 0. The zero-order valence-corrected chi connectivity index (χ0v) is 15.8. The van der Waals surface area contributed by atoms with Crippen LogP contribution >= 0.6 is 0 Å². The SMILES string of the molecule is CCc1nc(CN2C(=O)COc3ccc(S(=O)(=O)NCCOC)cc32)no1. The van der Waals surface area contributed by atoms with Crippen LogP contribution in [-0.4, -0.2) is 51.3 Å². The lowest BCUT2D eigenvalue weighted by atomic mass is 10.2. The quantitative estimate of drug-likeness (QED) is 0.639. The van der Waals surface area contributed by atoms with Gasteiger partial charge < -0.3 is 14.0 Å². The first kappa shape index (κ1) is 19.3. The molecule has 1 amide bonds. The third-order valence-corrected chi connectivity index (χ3v) is 5.35. The number of sulfonamides is 1. The van der Waals surface area contributed by atoms with Crippen molar-refractivity contribution in [1.29, 1.82) is 0 Å². The van der Waals surface area contributed by atoms with Gasteiger partial charge in [0.2, 0.25) is 15.9 Å². The van der Waals surface area contributed by atoms with Gasteiger partial charge in [0.15, 0.2) is 12.4 Å². The number of hydrogen-bond donors (Lipinski definition) is 1. The van der Waals surface area contributed by atoms with Crippen LogP contribution in [0.5, 0.6) is 5.75 Å². The summed E-state index contributed by atoms with van der Waals surface area (Å²) in [4.78, 5) is 17.9. The van der Waals surface area contributed by atoms with E-state index in [0.29, 0.717) is 29.6 Å². The van der Waals surface area contributed by atoms with Crippen molar-refractivity contribution in [1.82, 2.24) is 14.9 Å². The summed E-state index contributed by atoms with van der Waals surface area (Å²) in [5, 5.41) is 3.84. The van der Waals surface area contributed by atoms with Gasteiger partial charge in [-0.3, -0.25) is 9.69 Å². The second-order valence-electron chi connectivity index (χ2n) is 5.75. The van der Waals surface area contributed by atoms with E-state index in [1.54, 1.807) is 0 Å². The first-order valence-corrected chi connectivity index (χ1v) is 9.80. The minimum atomic E-state index is -3.75. The third kappa shape index (κ3) is 4.26. The van der Waals surface area contributed by atoms with Gasteiger partial charge in [-0.05, 0) is 18.2 Å². The summed E-state index contributed by atoms with van der Waals surface area (Å²) in [5.74, 6) is 0.876. The van der Waals surface area contributed by atoms with Crippen LogP contribution in [0.1, 0.15) is 18.6 Å². The Morgan fingerprint density at radius 2 is 2.19 bits per heavy atom. The number of carbonyl (C=O) groups is 1. The van der Waals surface area contributed by atoms with E-state index in [9.17, 15) is 13.2 Å². The zero-order chi connectivity index (χ0) is 19.4. The normalized spacial score (nSPS) is 14.1. The van der Waals surface area contributed by atoms with Crippen LogP contribution in [0, 0.1) is 0 Å². The molecule has 0 radical (unpaired) electrons. The summed E-state index contributed by atoms with van der Waals surface area (Å²) in [7, 11) is -2.27. The average molecular weight is 396 g/mol. The molecule has 1 aliphatic heterocycles. The van der Waals surface area contributed by atoms with Crippen LogP contribution in [0.4, 0.5) is 5.69 Å². The molecule has 1 aliphatic rings. The van der Waals surface area contributed by atoms with Gasteiger partial charge in [-0.2, -0.15) is 4.98 Å². The van der Waals surface area contributed by atoms with Crippen molar-refractivity contribution in [2.24, 2.45) is 0 Å². The van der Waals surface area contributed by atoms with Crippen molar-refractivity contribution in [2.75, 3.05) is 31.8 Å². The molecule has 1 aromatic carbocycles. The fraction of sp³-hybridized carbons (Fsp3) is 0.438. The van der Waals surface area contributed by atoms with Crippen molar-refractivity contribution in [3.8, 4) is 5.75 Å². The van der Waals surface area contributed by atoms with Crippen LogP contribution in [0.2, 0.25) is 0 Å². The topological polar surface area (TPSA) is 124 Å². The molecule has 27 heavy (non-hydrogen) atoms. The van der Waals surface area contributed by atoms with Gasteiger partial charge in [-0.1, -0.05) is 12.1 Å². The number of methoxy groups -OCH3 is 1. The highest BCUT2D eigenvalue weighted by molar-refractivity contribution is 7.89. The number of anilines is 1. The molecule has 0 bridgehead atoms. The van der Waals surface area contributed by atoms with E-state index < -0.39 is 10.0 Å². The van der Waals surface area contributed by atoms with Crippen molar-refractivity contribution < 1.29 is 27.2 Å². The number of nitrogens with zero attached hydrogens (tertiary/aromatic N) is 3. The van der Waals surface area contributed by atoms with E-state index in [1.165, 1.54) is 30.2 Å². The molecule has 0 aliphatic carbocycles. The third-order valence-electron chi connectivity index (χ3n) is 3.89. The number of fused-ring (bicyclic) bond motifs is 1. The van der Waals surface area contributed by atoms with Gasteiger partial charge in [-0.15, -0.1) is 0 Å². The smallest absolute Gasteiger partial charge is 0.265 e. The molecule has 1 N–H and O–H groups in total. The minimum absolute atomic E-state index is 0.0167. The molecule has 146 valence electrons. The predicted octanol–water partition coefficient (Wildman–Crippen LogP) is 0.482. The first-order chi connectivity index (χ1) is 12.9. The maximum atomic E-state index is 12.4. The summed E-state index contributed by atoms with van der Waals surface area (Å²) in [5.41, 5.74) is 0.337. The van der Waals surface area contributed by atoms with E-state index in [-0.39, 0.29) is 37.1 Å². The molecule has 0 spiro atoms. The number of carbonyl (C=O) groups excluding carboxylic acids is 1. The van der Waals surface area contributed by atoms with Gasteiger partial charge in [0.05, 0.1) is 23.7 Å². The molecule has 0 saturated heterocycles. The predicted molar refractivity (Wildman–Crippen MR) is 93.9 cm³/mol. The number of benzene rings is 1. The fourth-order valence-electron chi connectivity index (χ4n) is 2.52. The van der Waals surface area contributed by atoms with Crippen molar-refractivity contribution in [3.63, 3.8) is 0 Å². The molecule has 10 nitrogen and oxygen atoms in total. The number of nitrogens with one attached hydrogen (secondary N) is 1. The number of aromatic nitrogens is 2. The van der Waals surface area contributed by atoms with E-state index in [4.69, 9.17) is 14.0 Å². The van der Waals surface area contributed by atoms with E-state index in [0.717, 1.165) is 0 Å². The molecular weight excluding hydrogens is 376 g/mol. The second kappa shape index (κ2) is 8.03. The highest BCUT2D eigenvalue weighted by Crippen LogP contribution is 2.34. The number of rotatable bonds is 8. The Labute approximate surface area is 156 Å². The van der Waals surface area contributed by atoms with Crippen molar-refractivity contribution >= 4 is 21.6 Å². The Hall–Kier alpha value is -2.50. The Bertz CT molecular complexity index is 927. The highest BCUT2D eigenvalue weighted by Gasteiger charge is 2.29. The Morgan fingerprint density at radius 1 is 1.37 bits per heavy atom. The maximum absolute atomic E-state index is 12.4. The maximum Gasteiger partial charge on any atom is 0.265 e. The summed E-state index contributed by atoms with van der Waals surface area (Å²) < 4.78 is 42.6. The van der Waals surface area contributed by atoms with Crippen molar-refractivity contribution in [3.05, 3.63) is 29.9 Å². The molecule has 0 fully saturated rings. The minimum Gasteiger partial charge on any atom is -0.482 e. The second-order valence-corrected chi connectivity index (χ2v) is 7.51. The largest absolute Gasteiger partial charge is 0.482 e. The summed E-state index contributed by atoms with van der Waals surface area (Å²) in [6.07, 6.45) is 0.580. The number of aryl methyl sites for hydroxylation is 1. The number of hydrogen-bond acceptors (Lipinski definition) is 8. The lowest BCUT2D eigenvalue weighted by molar-refractivity contribution is -0.121. The van der Waals surface area contributed by atoms with E-state index in [2.05, 4.69) is 14.9 Å². The van der Waals surface area contributed by atoms with Crippen molar-refractivity contribution in [2.45, 2.75) is 24.8 Å². The lowest BCUT2D eigenvalue weighted by Crippen LogP contribution is -2.38. The Balaban J connectivity index is 1.89. The summed E-state index contributed by atoms with van der Waals surface area (Å²) in [6.45, 7) is 2.16. The molecule has 3 rings (SSSR count). The van der Waals surface area contributed by atoms with Gasteiger partial charge >= 0.3 is 0 Å². The molecule has 0 atom stereocenters. The van der Waals surface area contributed by atoms with Gasteiger partial charge in [0, 0.05) is 20.1 Å². The molecule has 2 aromatic rings. The monoisotopic (exact) mass is 396 g/mol. The van der Waals surface area contributed by atoms with Gasteiger partial charge in [0.1, 0.15) is 5.75 Å². The molecular formula is C16H20N4O6S. The zero-order valence-electron chi connectivity index (χ0n) is 15.0. The molecule has 11 heteroatoms. The van der Waals surface area contributed by atoms with Gasteiger partial charge in [0.25, 0.3) is 5.91 Å². The molecule has 2 heterocycles. The van der Waals surface area contributed by atoms with Gasteiger partial charge in [-0.25, -0.2) is 13.1 Å². The summed E-state index contributed by atoms with van der Waals surface area (Å²) in [6, 6.07) is 4.33.